The molecule has 0 saturated heterocycles. The molecule has 1 aliphatic rings. The van der Waals surface area contributed by atoms with Gasteiger partial charge < -0.3 is 15.7 Å². The molecule has 0 heterocycles. The van der Waals surface area contributed by atoms with Gasteiger partial charge in [0.2, 0.25) is 0 Å². The van der Waals surface area contributed by atoms with E-state index >= 15 is 0 Å². The van der Waals surface area contributed by atoms with E-state index in [1.165, 1.54) is 0 Å². The maximum Gasteiger partial charge on any atom is 0.315 e. The highest BCUT2D eigenvalue weighted by Gasteiger charge is 2.27. The van der Waals surface area contributed by atoms with E-state index < -0.39 is 11.5 Å². The number of hydrogen-bond acceptors (Lipinski definition) is 2. The normalized spacial score (nSPS) is 26.9. The van der Waals surface area contributed by atoms with E-state index in [1.54, 1.807) is 0 Å². The Morgan fingerprint density at radius 2 is 1.85 bits per heavy atom. The molecule has 0 aromatic carbocycles. The van der Waals surface area contributed by atoms with Gasteiger partial charge in [0.1, 0.15) is 0 Å². The van der Waals surface area contributed by atoms with E-state index in [0.717, 1.165) is 25.2 Å². The monoisotopic (exact) mass is 284 g/mol. The highest BCUT2D eigenvalue weighted by Crippen LogP contribution is 2.29. The molecule has 1 rings (SSSR count). The molecule has 2 amide bonds. The number of hydrogen-bond donors (Lipinski definition) is 3. The summed E-state index contributed by atoms with van der Waals surface area (Å²) < 4.78 is 0. The summed E-state index contributed by atoms with van der Waals surface area (Å²) in [6.07, 6.45) is 3.67. The smallest absolute Gasteiger partial charge is 0.315 e. The molecule has 116 valence electrons. The van der Waals surface area contributed by atoms with Crippen LogP contribution in [0.25, 0.3) is 0 Å². The molecule has 1 fully saturated rings. The predicted molar refractivity (Wildman–Crippen MR) is 78.6 cm³/mol. The van der Waals surface area contributed by atoms with Crippen molar-refractivity contribution in [1.82, 2.24) is 10.6 Å². The molecule has 0 aromatic heterocycles. The van der Waals surface area contributed by atoms with Gasteiger partial charge in [-0.25, -0.2) is 4.79 Å². The minimum atomic E-state index is -0.838. The van der Waals surface area contributed by atoms with Gasteiger partial charge in [-0.05, 0) is 51.4 Å². The van der Waals surface area contributed by atoms with Gasteiger partial charge in [-0.15, -0.1) is 0 Å². The summed E-state index contributed by atoms with van der Waals surface area (Å²) in [5, 5.41) is 14.6. The van der Waals surface area contributed by atoms with Crippen molar-refractivity contribution >= 4 is 12.0 Å². The van der Waals surface area contributed by atoms with E-state index in [4.69, 9.17) is 5.11 Å². The second-order valence-corrected chi connectivity index (χ2v) is 6.84. The van der Waals surface area contributed by atoms with Gasteiger partial charge in [0.15, 0.2) is 0 Å². The molecule has 5 nitrogen and oxygen atoms in total. The first kappa shape index (κ1) is 16.8. The van der Waals surface area contributed by atoms with Crippen LogP contribution in [0.5, 0.6) is 0 Å². The van der Waals surface area contributed by atoms with Gasteiger partial charge >= 0.3 is 12.0 Å². The Hall–Kier alpha value is -1.26. The largest absolute Gasteiger partial charge is 0.481 e. The average molecular weight is 284 g/mol. The van der Waals surface area contributed by atoms with Gasteiger partial charge in [0.05, 0.1) is 0 Å². The van der Waals surface area contributed by atoms with Gasteiger partial charge in [-0.2, -0.15) is 0 Å². The molecule has 20 heavy (non-hydrogen) atoms. The molecule has 3 N–H and O–H groups in total. The number of aliphatic carboxylic acids is 1. The Kier molecular flexibility index (Phi) is 5.84. The highest BCUT2D eigenvalue weighted by molar-refractivity contribution is 5.75. The van der Waals surface area contributed by atoms with Crippen molar-refractivity contribution in [2.24, 2.45) is 11.8 Å². The van der Waals surface area contributed by atoms with Crippen LogP contribution in [0.15, 0.2) is 0 Å². The van der Waals surface area contributed by atoms with Gasteiger partial charge in [-0.3, -0.25) is 4.79 Å². The minimum absolute atomic E-state index is 0.0608. The topological polar surface area (TPSA) is 78.4 Å². The summed E-state index contributed by atoms with van der Waals surface area (Å²) in [4.78, 5) is 22.6. The second-order valence-electron chi connectivity index (χ2n) is 6.84. The van der Waals surface area contributed by atoms with Crippen LogP contribution in [0.4, 0.5) is 4.79 Å². The summed E-state index contributed by atoms with van der Waals surface area (Å²) in [5.74, 6) is 0.521. The average Bonchev–Trinajstić information content (AvgIpc) is 2.31. The van der Waals surface area contributed by atoms with Crippen LogP contribution in [-0.2, 0) is 4.79 Å². The van der Waals surface area contributed by atoms with Crippen LogP contribution in [-0.4, -0.2) is 28.7 Å². The first-order valence-electron chi connectivity index (χ1n) is 7.50. The van der Waals surface area contributed by atoms with Crippen molar-refractivity contribution in [2.75, 3.05) is 0 Å². The number of urea groups is 1. The van der Waals surface area contributed by atoms with E-state index in [9.17, 15) is 9.59 Å². The van der Waals surface area contributed by atoms with E-state index in [-0.39, 0.29) is 18.5 Å². The van der Waals surface area contributed by atoms with Crippen molar-refractivity contribution in [3.05, 3.63) is 0 Å². The number of rotatable bonds is 5. The Morgan fingerprint density at radius 3 is 2.40 bits per heavy atom. The van der Waals surface area contributed by atoms with Crippen LogP contribution in [0.1, 0.15) is 59.8 Å². The fourth-order valence-corrected chi connectivity index (χ4v) is 2.69. The lowest BCUT2D eigenvalue weighted by Gasteiger charge is -2.34. The van der Waals surface area contributed by atoms with Gasteiger partial charge in [0.25, 0.3) is 0 Å². The molecule has 0 aliphatic heterocycles. The Morgan fingerprint density at radius 1 is 1.20 bits per heavy atom. The first-order valence-corrected chi connectivity index (χ1v) is 7.50. The standard InChI is InChI=1S/C15H28N2O3/c1-10-5-6-12(9-11(10)2)16-14(20)17-15(3,4)8-7-13(18)19/h10-12H,5-9H2,1-4H3,(H,18,19)(H2,16,17,20). The molecule has 0 spiro atoms. The Labute approximate surface area is 121 Å². The van der Waals surface area contributed by atoms with Crippen molar-refractivity contribution in [3.8, 4) is 0 Å². The Bertz CT molecular complexity index is 355. The SMILES string of the molecule is CC1CCC(NC(=O)NC(C)(C)CCC(=O)O)CC1C. The van der Waals surface area contributed by atoms with Crippen LogP contribution in [0.2, 0.25) is 0 Å². The van der Waals surface area contributed by atoms with Gasteiger partial charge in [-0.1, -0.05) is 13.8 Å². The van der Waals surface area contributed by atoms with Crippen molar-refractivity contribution in [3.63, 3.8) is 0 Å². The summed E-state index contributed by atoms with van der Waals surface area (Å²) in [6, 6.07) is 0.0450. The van der Waals surface area contributed by atoms with E-state index in [2.05, 4.69) is 24.5 Å². The van der Waals surface area contributed by atoms with Crippen LogP contribution in [0.3, 0.4) is 0 Å². The number of carbonyl (C=O) groups is 2. The van der Waals surface area contributed by atoms with E-state index in [1.807, 2.05) is 13.8 Å². The summed E-state index contributed by atoms with van der Waals surface area (Å²) >= 11 is 0. The zero-order valence-electron chi connectivity index (χ0n) is 13.0. The summed E-state index contributed by atoms with van der Waals surface area (Å²) in [5.41, 5.74) is -0.504. The molecule has 3 atom stereocenters. The van der Waals surface area contributed by atoms with Gasteiger partial charge in [0, 0.05) is 18.0 Å². The molecule has 0 aromatic rings. The van der Waals surface area contributed by atoms with Crippen molar-refractivity contribution in [2.45, 2.75) is 71.4 Å². The van der Waals surface area contributed by atoms with Crippen molar-refractivity contribution < 1.29 is 14.7 Å². The number of carboxylic acid groups (broad SMARTS) is 1. The first-order chi connectivity index (χ1) is 9.19. The van der Waals surface area contributed by atoms with Crippen molar-refractivity contribution in [1.29, 1.82) is 0 Å². The molecular formula is C15H28N2O3. The lowest BCUT2D eigenvalue weighted by Crippen LogP contribution is -2.52. The third-order valence-corrected chi connectivity index (χ3v) is 4.35. The quantitative estimate of drug-likeness (QED) is 0.726. The molecule has 1 saturated carbocycles. The minimum Gasteiger partial charge on any atom is -0.481 e. The molecular weight excluding hydrogens is 256 g/mol. The number of carboxylic acids is 1. The second kappa shape index (κ2) is 6.95. The van der Waals surface area contributed by atoms with Crippen LogP contribution >= 0.6 is 0 Å². The van der Waals surface area contributed by atoms with E-state index in [0.29, 0.717) is 12.3 Å². The molecule has 0 radical (unpaired) electrons. The summed E-state index contributed by atoms with van der Waals surface area (Å²) in [7, 11) is 0. The maximum atomic E-state index is 12.0. The zero-order chi connectivity index (χ0) is 15.3. The highest BCUT2D eigenvalue weighted by atomic mass is 16.4. The molecule has 3 unspecified atom stereocenters. The van der Waals surface area contributed by atoms with Crippen LogP contribution < -0.4 is 10.6 Å². The summed E-state index contributed by atoms with van der Waals surface area (Å²) in [6.45, 7) is 8.19. The van der Waals surface area contributed by atoms with Crippen LogP contribution in [0, 0.1) is 11.8 Å². The third-order valence-electron chi connectivity index (χ3n) is 4.35. The third kappa shape index (κ3) is 5.80. The molecule has 0 bridgehead atoms. The fourth-order valence-electron chi connectivity index (χ4n) is 2.69. The number of nitrogens with one attached hydrogen (secondary N) is 2. The molecule has 5 heteroatoms. The lowest BCUT2D eigenvalue weighted by atomic mass is 9.79. The fraction of sp³-hybridized carbons (Fsp3) is 0.867. The Balaban J connectivity index is 2.37. The lowest BCUT2D eigenvalue weighted by molar-refractivity contribution is -0.137. The molecule has 1 aliphatic carbocycles. The maximum absolute atomic E-state index is 12.0. The predicted octanol–water partition coefficient (Wildman–Crippen LogP) is 2.75. The number of amides is 2. The number of carbonyl (C=O) groups excluding carboxylic acids is 1. The zero-order valence-corrected chi connectivity index (χ0v) is 13.0.